The van der Waals surface area contributed by atoms with Crippen molar-refractivity contribution in [3.8, 4) is 5.88 Å². The van der Waals surface area contributed by atoms with E-state index in [0.29, 0.717) is 44.7 Å². The largest absolute Gasteiger partial charge is 0.481 e. The molecule has 6 heteroatoms. The molecule has 1 aliphatic rings. The van der Waals surface area contributed by atoms with Gasteiger partial charge in [-0.3, -0.25) is 0 Å². The van der Waals surface area contributed by atoms with Gasteiger partial charge in [0, 0.05) is 25.4 Å². The van der Waals surface area contributed by atoms with E-state index in [1.165, 1.54) is 0 Å². The van der Waals surface area contributed by atoms with Crippen molar-refractivity contribution in [1.29, 1.82) is 0 Å². The summed E-state index contributed by atoms with van der Waals surface area (Å²) in [6, 6.07) is 3.35. The Morgan fingerprint density at radius 1 is 1.35 bits per heavy atom. The monoisotopic (exact) mass is 323 g/mol. The number of urea groups is 1. The molecular weight excluding hydrogens is 297 g/mol. The van der Waals surface area contributed by atoms with Gasteiger partial charge in [0.25, 0.3) is 0 Å². The molecular formula is C17H26FN3O2. The van der Waals surface area contributed by atoms with Gasteiger partial charge in [0.2, 0.25) is 5.88 Å². The maximum Gasteiger partial charge on any atom is 0.315 e. The lowest BCUT2D eigenvalue weighted by molar-refractivity contribution is 0.0939. The number of carbonyl (C=O) groups excluding carboxylic acids is 1. The van der Waals surface area contributed by atoms with Crippen molar-refractivity contribution in [2.24, 2.45) is 0 Å². The number of halogens is 1. The van der Waals surface area contributed by atoms with E-state index in [-0.39, 0.29) is 6.03 Å². The number of amides is 2. The fourth-order valence-corrected chi connectivity index (χ4v) is 2.96. The van der Waals surface area contributed by atoms with Gasteiger partial charge in [0.15, 0.2) is 0 Å². The standard InChI is InChI=1S/C17H26FN3O2/c1-23-15-12-14(6-11-19-15)13-21-16(22)20-10-5-9-17(18)7-3-2-4-8-17/h6,11-12H,2-5,7-10,13H2,1H3,(H2,20,21,22). The summed E-state index contributed by atoms with van der Waals surface area (Å²) in [5.41, 5.74) is -0.0961. The zero-order chi connectivity index (χ0) is 16.5. The molecule has 0 atom stereocenters. The van der Waals surface area contributed by atoms with E-state index in [1.807, 2.05) is 6.07 Å². The van der Waals surface area contributed by atoms with E-state index in [9.17, 15) is 9.18 Å². The third-order valence-corrected chi connectivity index (χ3v) is 4.30. The molecule has 0 radical (unpaired) electrons. The molecule has 1 saturated carbocycles. The van der Waals surface area contributed by atoms with Gasteiger partial charge < -0.3 is 15.4 Å². The smallest absolute Gasteiger partial charge is 0.315 e. The lowest BCUT2D eigenvalue weighted by Crippen LogP contribution is -2.36. The molecule has 0 spiro atoms. The minimum atomic E-state index is -1.01. The maximum atomic E-state index is 14.4. The summed E-state index contributed by atoms with van der Waals surface area (Å²) >= 11 is 0. The zero-order valence-corrected chi connectivity index (χ0v) is 13.7. The van der Waals surface area contributed by atoms with Gasteiger partial charge in [0.1, 0.15) is 5.67 Å². The normalized spacial score (nSPS) is 16.6. The molecule has 128 valence electrons. The van der Waals surface area contributed by atoms with Crippen molar-refractivity contribution in [3.63, 3.8) is 0 Å². The van der Waals surface area contributed by atoms with E-state index >= 15 is 0 Å². The SMILES string of the molecule is COc1cc(CNC(=O)NCCCC2(F)CCCCC2)ccn1. The number of pyridine rings is 1. The number of alkyl halides is 1. The highest BCUT2D eigenvalue weighted by Gasteiger charge is 2.30. The van der Waals surface area contributed by atoms with Gasteiger partial charge in [-0.1, -0.05) is 19.3 Å². The van der Waals surface area contributed by atoms with Crippen molar-refractivity contribution >= 4 is 6.03 Å². The molecule has 0 aromatic carbocycles. The van der Waals surface area contributed by atoms with E-state index in [4.69, 9.17) is 4.74 Å². The van der Waals surface area contributed by atoms with E-state index in [1.54, 1.807) is 19.4 Å². The minimum Gasteiger partial charge on any atom is -0.481 e. The summed E-state index contributed by atoms with van der Waals surface area (Å²) in [4.78, 5) is 15.7. The van der Waals surface area contributed by atoms with Crippen molar-refractivity contribution < 1.29 is 13.9 Å². The molecule has 23 heavy (non-hydrogen) atoms. The highest BCUT2D eigenvalue weighted by atomic mass is 19.1. The van der Waals surface area contributed by atoms with Gasteiger partial charge in [-0.15, -0.1) is 0 Å². The summed E-state index contributed by atoms with van der Waals surface area (Å²) in [5, 5.41) is 5.55. The second kappa shape index (κ2) is 8.70. The van der Waals surface area contributed by atoms with Crippen LogP contribution in [0.5, 0.6) is 5.88 Å². The lowest BCUT2D eigenvalue weighted by atomic mass is 9.83. The summed E-state index contributed by atoms with van der Waals surface area (Å²) in [5.74, 6) is 0.519. The zero-order valence-electron chi connectivity index (χ0n) is 13.7. The first-order valence-electron chi connectivity index (χ1n) is 8.31. The summed E-state index contributed by atoms with van der Waals surface area (Å²) in [6.07, 6.45) is 7.30. The number of rotatable bonds is 7. The van der Waals surface area contributed by atoms with Crippen LogP contribution in [0.1, 0.15) is 50.5 Å². The Balaban J connectivity index is 1.61. The fourth-order valence-electron chi connectivity index (χ4n) is 2.96. The van der Waals surface area contributed by atoms with Crippen molar-refractivity contribution in [2.45, 2.75) is 57.2 Å². The quantitative estimate of drug-likeness (QED) is 0.757. The molecule has 0 bridgehead atoms. The summed E-state index contributed by atoms with van der Waals surface area (Å²) in [6.45, 7) is 0.898. The Labute approximate surface area is 137 Å². The Bertz CT molecular complexity index is 504. The number of aromatic nitrogens is 1. The molecule has 2 rings (SSSR count). The number of nitrogens with one attached hydrogen (secondary N) is 2. The topological polar surface area (TPSA) is 63.2 Å². The van der Waals surface area contributed by atoms with Gasteiger partial charge >= 0.3 is 6.03 Å². The van der Waals surface area contributed by atoms with Crippen molar-refractivity contribution in [2.75, 3.05) is 13.7 Å². The number of hydrogen-bond acceptors (Lipinski definition) is 3. The van der Waals surface area contributed by atoms with Gasteiger partial charge in [-0.25, -0.2) is 14.2 Å². The fraction of sp³-hybridized carbons (Fsp3) is 0.647. The van der Waals surface area contributed by atoms with E-state index < -0.39 is 5.67 Å². The molecule has 5 nitrogen and oxygen atoms in total. The molecule has 1 aliphatic carbocycles. The van der Waals surface area contributed by atoms with Crippen LogP contribution in [0.25, 0.3) is 0 Å². The van der Waals surface area contributed by atoms with Gasteiger partial charge in [-0.05, 0) is 37.3 Å². The number of ether oxygens (including phenoxy) is 1. The van der Waals surface area contributed by atoms with Crippen LogP contribution >= 0.6 is 0 Å². The first-order valence-corrected chi connectivity index (χ1v) is 8.31. The third-order valence-electron chi connectivity index (χ3n) is 4.30. The Kier molecular flexibility index (Phi) is 6.62. The van der Waals surface area contributed by atoms with Crippen LogP contribution in [-0.2, 0) is 6.54 Å². The lowest BCUT2D eigenvalue weighted by Gasteiger charge is -2.29. The van der Waals surface area contributed by atoms with Crippen LogP contribution in [-0.4, -0.2) is 30.3 Å². The van der Waals surface area contributed by atoms with Gasteiger partial charge in [-0.2, -0.15) is 0 Å². The van der Waals surface area contributed by atoms with Crippen LogP contribution in [0.3, 0.4) is 0 Å². The second-order valence-corrected chi connectivity index (χ2v) is 6.13. The highest BCUT2D eigenvalue weighted by molar-refractivity contribution is 5.73. The van der Waals surface area contributed by atoms with Crippen LogP contribution < -0.4 is 15.4 Å². The molecule has 1 aromatic rings. The minimum absolute atomic E-state index is 0.239. The molecule has 0 unspecified atom stereocenters. The molecule has 1 heterocycles. The number of hydrogen-bond donors (Lipinski definition) is 2. The van der Waals surface area contributed by atoms with Crippen molar-refractivity contribution in [1.82, 2.24) is 15.6 Å². The molecule has 2 N–H and O–H groups in total. The second-order valence-electron chi connectivity index (χ2n) is 6.13. The third kappa shape index (κ3) is 6.04. The highest BCUT2D eigenvalue weighted by Crippen LogP contribution is 2.35. The molecule has 1 aromatic heterocycles. The van der Waals surface area contributed by atoms with Crippen LogP contribution in [0, 0.1) is 0 Å². The predicted octanol–water partition coefficient (Wildman–Crippen LogP) is 3.34. The van der Waals surface area contributed by atoms with Crippen molar-refractivity contribution in [3.05, 3.63) is 23.9 Å². The Morgan fingerprint density at radius 3 is 2.87 bits per heavy atom. The predicted molar refractivity (Wildman–Crippen MR) is 87.2 cm³/mol. The van der Waals surface area contributed by atoms with Crippen LogP contribution in [0.2, 0.25) is 0 Å². The average molecular weight is 323 g/mol. The van der Waals surface area contributed by atoms with E-state index in [2.05, 4.69) is 15.6 Å². The van der Waals surface area contributed by atoms with Gasteiger partial charge in [0.05, 0.1) is 7.11 Å². The average Bonchev–Trinajstić information content (AvgIpc) is 2.58. The Hall–Kier alpha value is -1.85. The molecule has 1 fully saturated rings. The van der Waals surface area contributed by atoms with E-state index in [0.717, 1.165) is 24.8 Å². The summed E-state index contributed by atoms with van der Waals surface area (Å²) in [7, 11) is 1.55. The number of carbonyl (C=O) groups is 1. The first-order chi connectivity index (χ1) is 11.1. The number of nitrogens with zero attached hydrogens (tertiary/aromatic N) is 1. The van der Waals surface area contributed by atoms with Crippen LogP contribution in [0.4, 0.5) is 9.18 Å². The molecule has 0 saturated heterocycles. The molecule has 2 amide bonds. The Morgan fingerprint density at radius 2 is 2.13 bits per heavy atom. The maximum absolute atomic E-state index is 14.4. The number of methoxy groups -OCH3 is 1. The molecule has 0 aliphatic heterocycles. The van der Waals surface area contributed by atoms with Crippen LogP contribution in [0.15, 0.2) is 18.3 Å². The first kappa shape index (κ1) is 17.5. The summed E-state index contributed by atoms with van der Waals surface area (Å²) < 4.78 is 19.4.